The zero-order valence-corrected chi connectivity index (χ0v) is 9.30. The molecule has 0 bridgehead atoms. The summed E-state index contributed by atoms with van der Waals surface area (Å²) in [6.07, 6.45) is 3.31. The molecule has 0 heterocycles. The maximum absolute atomic E-state index is 11.7. The van der Waals surface area contributed by atoms with E-state index in [-0.39, 0.29) is 17.6 Å². The topological polar surface area (TPSA) is 46.2 Å². The van der Waals surface area contributed by atoms with Crippen LogP contribution in [0.4, 0.5) is 0 Å². The van der Waals surface area contributed by atoms with Gasteiger partial charge in [0.15, 0.2) is 5.78 Å². The molecule has 82 valence electrons. The van der Waals surface area contributed by atoms with E-state index in [9.17, 15) is 9.59 Å². The monoisotopic (exact) mass is 207 g/mol. The number of rotatable bonds is 5. The first kappa shape index (κ1) is 11.7. The van der Waals surface area contributed by atoms with E-state index in [1.165, 1.54) is 0 Å². The summed E-state index contributed by atoms with van der Waals surface area (Å²) in [6, 6.07) is 0. The summed E-state index contributed by atoms with van der Waals surface area (Å²) in [4.78, 5) is 23.1. The number of nitrogens with one attached hydrogen (secondary N) is 1. The Morgan fingerprint density at radius 3 is 2.67 bits per heavy atom. The molecule has 0 saturated heterocycles. The molecule has 1 aliphatic rings. The molecule has 0 aromatic heterocycles. The summed E-state index contributed by atoms with van der Waals surface area (Å²) in [6.45, 7) is 7.08. The number of carbonyl (C=O) groups is 2. The molecule has 0 aliphatic heterocycles. The lowest BCUT2D eigenvalue weighted by Gasteiger charge is -2.16. The Morgan fingerprint density at radius 1 is 1.53 bits per heavy atom. The Bertz CT molecular complexity index is 329. The van der Waals surface area contributed by atoms with Crippen LogP contribution in [0.5, 0.6) is 0 Å². The normalized spacial score (nSPS) is 27.7. The molecule has 1 amide bonds. The average Bonchev–Trinajstić information content (AvgIpc) is 2.92. The fourth-order valence-electron chi connectivity index (χ4n) is 1.82. The van der Waals surface area contributed by atoms with Crippen LogP contribution in [0.2, 0.25) is 0 Å². The van der Waals surface area contributed by atoms with Gasteiger partial charge >= 0.3 is 0 Å². The minimum absolute atomic E-state index is 0.0724. The largest absolute Gasteiger partial charge is 0.343 e. The minimum Gasteiger partial charge on any atom is -0.343 e. The van der Waals surface area contributed by atoms with E-state index in [0.29, 0.717) is 19.3 Å². The van der Waals surface area contributed by atoms with Crippen LogP contribution < -0.4 is 5.32 Å². The van der Waals surface area contributed by atoms with E-state index in [0.717, 1.165) is 0 Å². The van der Waals surface area contributed by atoms with Gasteiger partial charge in [0.25, 0.3) is 0 Å². The van der Waals surface area contributed by atoms with Gasteiger partial charge in [-0.25, -0.2) is 0 Å². The van der Waals surface area contributed by atoms with E-state index >= 15 is 0 Å². The first-order valence-corrected chi connectivity index (χ1v) is 5.31. The Kier molecular flexibility index (Phi) is 3.48. The third-order valence-electron chi connectivity index (χ3n) is 2.84. The third kappa shape index (κ3) is 2.18. The van der Waals surface area contributed by atoms with Gasteiger partial charge in [-0.15, -0.1) is 5.73 Å². The zero-order valence-electron chi connectivity index (χ0n) is 9.30. The highest BCUT2D eigenvalue weighted by molar-refractivity contribution is 5.96. The molecule has 15 heavy (non-hydrogen) atoms. The van der Waals surface area contributed by atoms with Crippen molar-refractivity contribution in [1.29, 1.82) is 0 Å². The van der Waals surface area contributed by atoms with Crippen molar-refractivity contribution < 1.29 is 9.59 Å². The molecule has 0 aromatic carbocycles. The highest BCUT2D eigenvalue weighted by atomic mass is 16.2. The molecule has 0 radical (unpaired) electrons. The van der Waals surface area contributed by atoms with E-state index in [2.05, 4.69) is 17.6 Å². The molecule has 0 unspecified atom stereocenters. The third-order valence-corrected chi connectivity index (χ3v) is 2.84. The van der Waals surface area contributed by atoms with Crippen LogP contribution in [0.15, 0.2) is 18.4 Å². The summed E-state index contributed by atoms with van der Waals surface area (Å²) in [5, 5.41) is 2.82. The van der Waals surface area contributed by atoms with Crippen LogP contribution >= 0.6 is 0 Å². The molecular weight excluding hydrogens is 190 g/mol. The molecule has 0 aromatic rings. The van der Waals surface area contributed by atoms with Gasteiger partial charge in [0.2, 0.25) is 5.91 Å². The van der Waals surface area contributed by atoms with Crippen molar-refractivity contribution in [2.75, 3.05) is 0 Å². The Labute approximate surface area is 90.2 Å². The van der Waals surface area contributed by atoms with E-state index < -0.39 is 5.54 Å². The maximum Gasteiger partial charge on any atom is 0.220 e. The number of amides is 1. The number of hydrogen-bond donors (Lipinski definition) is 1. The molecule has 1 rings (SSSR count). The molecule has 3 nitrogen and oxygen atoms in total. The van der Waals surface area contributed by atoms with E-state index in [1.807, 2.05) is 6.92 Å². The molecule has 1 saturated carbocycles. The smallest absolute Gasteiger partial charge is 0.220 e. The van der Waals surface area contributed by atoms with Gasteiger partial charge in [-0.2, -0.15) is 0 Å². The number of hydrogen-bond acceptors (Lipinski definition) is 2. The maximum atomic E-state index is 11.7. The van der Waals surface area contributed by atoms with Crippen molar-refractivity contribution in [3.05, 3.63) is 18.4 Å². The quantitative estimate of drug-likeness (QED) is 0.696. The second-order valence-electron chi connectivity index (χ2n) is 3.83. The second kappa shape index (κ2) is 4.45. The van der Waals surface area contributed by atoms with Crippen molar-refractivity contribution in [2.24, 2.45) is 5.92 Å². The number of carbonyl (C=O) groups excluding carboxylic acids is 2. The minimum atomic E-state index is -0.646. The summed E-state index contributed by atoms with van der Waals surface area (Å²) in [7, 11) is 0. The van der Waals surface area contributed by atoms with Crippen molar-refractivity contribution in [1.82, 2.24) is 5.32 Å². The molecular formula is C12H17NO2. The summed E-state index contributed by atoms with van der Waals surface area (Å²) >= 11 is 0. The first-order chi connectivity index (χ1) is 7.10. The van der Waals surface area contributed by atoms with Crippen molar-refractivity contribution >= 4 is 11.7 Å². The summed E-state index contributed by atoms with van der Waals surface area (Å²) in [5.41, 5.74) is 2.03. The van der Waals surface area contributed by atoms with Gasteiger partial charge in [0.1, 0.15) is 5.54 Å². The van der Waals surface area contributed by atoms with Gasteiger partial charge in [0, 0.05) is 18.8 Å². The van der Waals surface area contributed by atoms with Crippen LogP contribution in [-0.2, 0) is 9.59 Å². The molecule has 1 N–H and O–H groups in total. The van der Waals surface area contributed by atoms with Crippen molar-refractivity contribution in [3.63, 3.8) is 0 Å². The van der Waals surface area contributed by atoms with Crippen LogP contribution in [-0.4, -0.2) is 17.2 Å². The predicted molar refractivity (Wildman–Crippen MR) is 58.3 cm³/mol. The average molecular weight is 207 g/mol. The van der Waals surface area contributed by atoms with E-state index in [1.54, 1.807) is 13.0 Å². The van der Waals surface area contributed by atoms with Gasteiger partial charge < -0.3 is 5.32 Å². The molecule has 1 fully saturated rings. The fraction of sp³-hybridized carbons (Fsp3) is 0.583. The summed E-state index contributed by atoms with van der Waals surface area (Å²) < 4.78 is 0. The van der Waals surface area contributed by atoms with Crippen LogP contribution in [0.3, 0.4) is 0 Å². The van der Waals surface area contributed by atoms with E-state index in [4.69, 9.17) is 0 Å². The lowest BCUT2D eigenvalue weighted by molar-refractivity contribution is -0.128. The molecule has 0 spiro atoms. The van der Waals surface area contributed by atoms with Crippen LogP contribution in [0.25, 0.3) is 0 Å². The van der Waals surface area contributed by atoms with Gasteiger partial charge in [0.05, 0.1) is 0 Å². The van der Waals surface area contributed by atoms with Gasteiger partial charge in [-0.3, -0.25) is 9.59 Å². The number of ketones is 1. The fourth-order valence-corrected chi connectivity index (χ4v) is 1.82. The lowest BCUT2D eigenvalue weighted by Crippen LogP contribution is -2.44. The standard InChI is InChI=1S/C12H17NO2/c1-4-7-9-8-12(9,10(14)5-2)13-11(15)6-3/h7,9H,1,5-6,8H2,2-3H3,(H,13,15)/t9-,12-/m0/s1. The first-order valence-electron chi connectivity index (χ1n) is 5.31. The number of Topliss-reactive ketones (excluding diaryl/α,β-unsaturated/α-hetero) is 1. The van der Waals surface area contributed by atoms with Crippen molar-refractivity contribution in [2.45, 2.75) is 38.6 Å². The Balaban J connectivity index is 2.77. The molecule has 3 heteroatoms. The zero-order chi connectivity index (χ0) is 11.5. The summed E-state index contributed by atoms with van der Waals surface area (Å²) in [5.74, 6) is 0.107. The lowest BCUT2D eigenvalue weighted by atomic mass is 10.1. The SMILES string of the molecule is C=C=C[C@H]1C[C@@]1(NC(=O)CC)C(=O)CC. The van der Waals surface area contributed by atoms with Crippen LogP contribution in [0.1, 0.15) is 33.1 Å². The predicted octanol–water partition coefficient (Wildman–Crippen LogP) is 1.59. The van der Waals surface area contributed by atoms with Crippen LogP contribution in [0, 0.1) is 5.92 Å². The Hall–Kier alpha value is -1.34. The Morgan fingerprint density at radius 2 is 2.20 bits per heavy atom. The van der Waals surface area contributed by atoms with Gasteiger partial charge in [-0.05, 0) is 12.5 Å². The molecule has 1 aliphatic carbocycles. The highest BCUT2D eigenvalue weighted by Gasteiger charge is 2.58. The van der Waals surface area contributed by atoms with Crippen molar-refractivity contribution in [3.8, 4) is 0 Å². The highest BCUT2D eigenvalue weighted by Crippen LogP contribution is 2.45. The van der Waals surface area contributed by atoms with Gasteiger partial charge in [-0.1, -0.05) is 20.4 Å². The second-order valence-corrected chi connectivity index (χ2v) is 3.83. The molecule has 2 atom stereocenters.